The summed E-state index contributed by atoms with van der Waals surface area (Å²) in [6.45, 7) is 17.2. The highest BCUT2D eigenvalue weighted by molar-refractivity contribution is 6.05. The second kappa shape index (κ2) is 15.8. The topological polar surface area (TPSA) is 111 Å². The minimum Gasteiger partial charge on any atom is -0.493 e. The summed E-state index contributed by atoms with van der Waals surface area (Å²) in [5, 5.41) is 18.2. The lowest BCUT2D eigenvalue weighted by molar-refractivity contribution is 0.00509. The van der Waals surface area contributed by atoms with Crippen LogP contribution in [0.2, 0.25) is 0 Å². The van der Waals surface area contributed by atoms with Crippen molar-refractivity contribution in [2.24, 2.45) is 7.05 Å². The van der Waals surface area contributed by atoms with Crippen molar-refractivity contribution in [3.05, 3.63) is 83.3 Å². The molecular weight excluding hydrogens is 683 g/mol. The Bertz CT molecular complexity index is 2120. The molecule has 1 fully saturated rings. The van der Waals surface area contributed by atoms with Gasteiger partial charge in [0.25, 0.3) is 0 Å². The molecule has 1 N–H and O–H groups in total. The number of hydrogen-bond acceptors (Lipinski definition) is 8. The number of para-hydroxylation sites is 1. The fraction of sp³-hybridized carbons (Fsp3) is 0.465. The van der Waals surface area contributed by atoms with Gasteiger partial charge < -0.3 is 28.8 Å². The molecule has 1 amide bonds. The minimum absolute atomic E-state index is 0.215. The molecule has 54 heavy (non-hydrogen) atoms. The van der Waals surface area contributed by atoms with Crippen molar-refractivity contribution in [2.75, 3.05) is 39.3 Å². The number of aliphatic hydroxyl groups excluding tert-OH is 1. The van der Waals surface area contributed by atoms with Crippen LogP contribution in [0.1, 0.15) is 75.4 Å². The van der Waals surface area contributed by atoms with Crippen molar-refractivity contribution in [1.82, 2.24) is 24.1 Å². The molecule has 0 unspecified atom stereocenters. The third kappa shape index (κ3) is 8.58. The molecule has 1 saturated heterocycles. The van der Waals surface area contributed by atoms with Gasteiger partial charge >= 0.3 is 12.1 Å². The second-order valence-corrected chi connectivity index (χ2v) is 16.1. The van der Waals surface area contributed by atoms with Crippen LogP contribution in [0, 0.1) is 6.92 Å². The number of nitrogens with zero attached hydrogens (tertiary/aromatic N) is 5. The van der Waals surface area contributed by atoms with Gasteiger partial charge in [0.1, 0.15) is 22.6 Å². The largest absolute Gasteiger partial charge is 0.493 e. The van der Waals surface area contributed by atoms with Crippen molar-refractivity contribution in [3.63, 3.8) is 0 Å². The maximum absolute atomic E-state index is 14.4. The van der Waals surface area contributed by atoms with E-state index in [1.807, 2.05) is 91.9 Å². The first-order valence-corrected chi connectivity index (χ1v) is 19.0. The average Bonchev–Trinajstić information content (AvgIpc) is 3.60. The van der Waals surface area contributed by atoms with E-state index in [1.165, 1.54) is 0 Å². The molecule has 11 nitrogen and oxygen atoms in total. The molecule has 11 heteroatoms. The first kappa shape index (κ1) is 38.8. The van der Waals surface area contributed by atoms with Crippen LogP contribution < -0.4 is 4.74 Å². The second-order valence-electron chi connectivity index (χ2n) is 16.1. The van der Waals surface area contributed by atoms with Gasteiger partial charge in [-0.2, -0.15) is 5.10 Å². The van der Waals surface area contributed by atoms with Crippen LogP contribution in [0.3, 0.4) is 0 Å². The van der Waals surface area contributed by atoms with E-state index in [4.69, 9.17) is 14.2 Å². The zero-order valence-electron chi connectivity index (χ0n) is 33.1. The van der Waals surface area contributed by atoms with Crippen LogP contribution in [0.5, 0.6) is 5.75 Å². The molecule has 288 valence electrons. The normalized spacial score (nSPS) is 14.2. The van der Waals surface area contributed by atoms with Gasteiger partial charge in [-0.3, -0.25) is 9.58 Å². The zero-order valence-corrected chi connectivity index (χ0v) is 33.1. The monoisotopic (exact) mass is 737 g/mol. The van der Waals surface area contributed by atoms with Crippen molar-refractivity contribution < 1.29 is 28.9 Å². The number of benzene rings is 3. The van der Waals surface area contributed by atoms with E-state index in [0.717, 1.165) is 49.8 Å². The van der Waals surface area contributed by atoms with Crippen LogP contribution in [0.4, 0.5) is 4.79 Å². The molecule has 1 aliphatic rings. The maximum atomic E-state index is 14.4. The quantitative estimate of drug-likeness (QED) is 0.110. The van der Waals surface area contributed by atoms with Crippen molar-refractivity contribution >= 4 is 33.7 Å². The molecule has 0 aliphatic carbocycles. The average molecular weight is 738 g/mol. The van der Waals surface area contributed by atoms with Gasteiger partial charge in [0.15, 0.2) is 0 Å². The molecule has 0 radical (unpaired) electrons. The minimum atomic E-state index is -0.710. The summed E-state index contributed by atoms with van der Waals surface area (Å²) in [6.07, 6.45) is 0.957. The molecule has 3 heterocycles. The highest BCUT2D eigenvalue weighted by Crippen LogP contribution is 2.39. The summed E-state index contributed by atoms with van der Waals surface area (Å²) in [5.74, 6) is 0.454. The number of aryl methyl sites for hydroxylation is 2. The molecule has 3 aromatic carbocycles. The predicted molar refractivity (Wildman–Crippen MR) is 212 cm³/mol. The van der Waals surface area contributed by atoms with Gasteiger partial charge in [0.2, 0.25) is 0 Å². The van der Waals surface area contributed by atoms with Crippen molar-refractivity contribution in [1.29, 1.82) is 0 Å². The summed E-state index contributed by atoms with van der Waals surface area (Å²) in [7, 11) is 1.88. The molecule has 6 rings (SSSR count). The van der Waals surface area contributed by atoms with Gasteiger partial charge in [0, 0.05) is 73.9 Å². The van der Waals surface area contributed by atoms with Crippen LogP contribution in [0.25, 0.3) is 32.8 Å². The Kier molecular flexibility index (Phi) is 11.4. The summed E-state index contributed by atoms with van der Waals surface area (Å²) in [6, 6.07) is 20.4. The van der Waals surface area contributed by atoms with E-state index in [2.05, 4.69) is 38.8 Å². The van der Waals surface area contributed by atoms with Gasteiger partial charge in [-0.05, 0) is 78.3 Å². The van der Waals surface area contributed by atoms with Gasteiger partial charge in [-0.25, -0.2) is 9.59 Å². The molecule has 0 atom stereocenters. The number of rotatable bonds is 11. The van der Waals surface area contributed by atoms with Crippen LogP contribution in [-0.4, -0.2) is 91.8 Å². The first-order chi connectivity index (χ1) is 25.6. The lowest BCUT2D eigenvalue weighted by Gasteiger charge is -2.35. The number of hydrogen-bond donors (Lipinski definition) is 1. The Labute approximate surface area is 318 Å². The Morgan fingerprint density at radius 3 is 2.20 bits per heavy atom. The zero-order chi connectivity index (χ0) is 38.8. The highest BCUT2D eigenvalue weighted by Gasteiger charge is 2.31. The maximum Gasteiger partial charge on any atom is 0.410 e. The third-order valence-corrected chi connectivity index (χ3v) is 9.85. The van der Waals surface area contributed by atoms with E-state index in [-0.39, 0.29) is 18.7 Å². The number of fused-ring (bicyclic) bond motifs is 2. The standard InChI is InChI=1S/C43H55N5O6/c1-29-37(35(28-49)44-45(29)8)34-18-12-17-32-33(19-13-27-52-36-20-11-15-30-14-9-10-16-31(30)36)39(40(50)53-42(2,3)4)48(38(32)34)26-23-46-21-24-47(25-22-46)41(51)54-43(5,6)7/h9-12,14-18,20,49H,13,19,21-28H2,1-8H3. The molecule has 0 spiro atoms. The van der Waals surface area contributed by atoms with E-state index in [9.17, 15) is 14.7 Å². The summed E-state index contributed by atoms with van der Waals surface area (Å²) in [4.78, 5) is 31.3. The number of esters is 1. The highest BCUT2D eigenvalue weighted by atomic mass is 16.6. The number of carbonyl (C=O) groups is 2. The number of carbonyl (C=O) groups excluding carboxylic acids is 2. The van der Waals surface area contributed by atoms with Crippen LogP contribution in [-0.2, 0) is 36.1 Å². The third-order valence-electron chi connectivity index (χ3n) is 9.85. The number of aromatic nitrogens is 3. The van der Waals surface area contributed by atoms with E-state index in [1.54, 1.807) is 9.58 Å². The fourth-order valence-electron chi connectivity index (χ4n) is 7.33. The molecule has 5 aromatic rings. The molecule has 2 aromatic heterocycles. The van der Waals surface area contributed by atoms with Crippen molar-refractivity contribution in [2.45, 2.75) is 85.7 Å². The predicted octanol–water partition coefficient (Wildman–Crippen LogP) is 7.52. The fourth-order valence-corrected chi connectivity index (χ4v) is 7.33. The van der Waals surface area contributed by atoms with E-state index >= 15 is 0 Å². The van der Waals surface area contributed by atoms with Gasteiger partial charge in [0.05, 0.1) is 24.4 Å². The van der Waals surface area contributed by atoms with Gasteiger partial charge in [-0.15, -0.1) is 0 Å². The Balaban J connectivity index is 1.37. The number of aliphatic hydroxyl groups is 1. The van der Waals surface area contributed by atoms with Crippen molar-refractivity contribution in [3.8, 4) is 16.9 Å². The number of ether oxygens (including phenoxy) is 3. The van der Waals surface area contributed by atoms with Crippen LogP contribution >= 0.6 is 0 Å². The molecule has 1 aliphatic heterocycles. The summed E-state index contributed by atoms with van der Waals surface area (Å²) in [5.41, 5.74) is 4.33. The summed E-state index contributed by atoms with van der Waals surface area (Å²) < 4.78 is 22.0. The first-order valence-electron chi connectivity index (χ1n) is 19.0. The van der Waals surface area contributed by atoms with E-state index < -0.39 is 11.2 Å². The lowest BCUT2D eigenvalue weighted by atomic mass is 9.98. The van der Waals surface area contributed by atoms with Gasteiger partial charge in [-0.1, -0.05) is 54.6 Å². The van der Waals surface area contributed by atoms with E-state index in [0.29, 0.717) is 70.1 Å². The lowest BCUT2D eigenvalue weighted by Crippen LogP contribution is -2.50. The van der Waals surface area contributed by atoms with Crippen LogP contribution in [0.15, 0.2) is 60.7 Å². The Hall–Kier alpha value is -4.87. The number of piperazine rings is 1. The Morgan fingerprint density at radius 2 is 1.50 bits per heavy atom. The number of amides is 1. The smallest absolute Gasteiger partial charge is 0.410 e. The molecular formula is C43H55N5O6. The molecule has 0 saturated carbocycles. The Morgan fingerprint density at radius 1 is 0.833 bits per heavy atom. The summed E-state index contributed by atoms with van der Waals surface area (Å²) >= 11 is 0. The SMILES string of the molecule is Cc1c(-c2cccc3c(CCCOc4cccc5ccccc45)c(C(=O)OC(C)(C)C)n(CCN4CCN(C(=O)OC(C)(C)C)CC4)c23)c(CO)nn1C. The molecule has 0 bridgehead atoms.